The molecule has 0 spiro atoms. The Bertz CT molecular complexity index is 1290. The van der Waals surface area contributed by atoms with Crippen molar-refractivity contribution >= 4 is 33.3 Å². The fraction of sp³-hybridized carbons (Fsp3) is 0.586. The van der Waals surface area contributed by atoms with Crippen LogP contribution in [0, 0.1) is 5.41 Å². The van der Waals surface area contributed by atoms with Gasteiger partial charge in [0.05, 0.1) is 40.4 Å². The number of esters is 1. The molecule has 0 atom stereocenters. The summed E-state index contributed by atoms with van der Waals surface area (Å²) in [5.74, 6) is 0.418. The van der Waals surface area contributed by atoms with Gasteiger partial charge >= 0.3 is 11.8 Å². The number of hydrazone groups is 1. The maximum Gasteiger partial charge on any atom is 0.327 e. The standard InChI is InChI=1S/C29H42N4O5S/c1-7-38-26(34)17-9-8-10-18-32-19-12-14-23-27(32)30-24(29(23,5)6)15-11-16-25-28(3,4)22(2)31-33(25)20-13-21-39(35,36)37/h11-12,14-16,19H,7-10,13,17-18,20-21H2,1-6H3. The van der Waals surface area contributed by atoms with E-state index in [2.05, 4.69) is 55.7 Å². The van der Waals surface area contributed by atoms with Crippen LogP contribution in [-0.2, 0) is 31.6 Å². The number of aryl methyl sites for hydroxylation is 1. The highest BCUT2D eigenvalue weighted by Crippen LogP contribution is 2.39. The Morgan fingerprint density at radius 3 is 2.59 bits per heavy atom. The van der Waals surface area contributed by atoms with Crippen LogP contribution in [0.25, 0.3) is 0 Å². The average Bonchev–Trinajstić information content (AvgIpc) is 3.22. The third-order valence-corrected chi connectivity index (χ3v) is 8.32. The number of pyridine rings is 1. The molecule has 3 rings (SSSR count). The Balaban J connectivity index is 1.72. The van der Waals surface area contributed by atoms with Crippen molar-refractivity contribution in [1.29, 1.82) is 0 Å². The molecule has 0 aliphatic carbocycles. The molecule has 0 fully saturated rings. The van der Waals surface area contributed by atoms with E-state index in [1.165, 1.54) is 5.56 Å². The predicted molar refractivity (Wildman–Crippen MR) is 152 cm³/mol. The molecule has 3 heterocycles. The highest BCUT2D eigenvalue weighted by atomic mass is 32.2. The minimum absolute atomic E-state index is 0.134. The van der Waals surface area contributed by atoms with Crippen molar-refractivity contribution in [3.05, 3.63) is 47.8 Å². The third kappa shape index (κ3) is 7.63. The number of rotatable bonds is 13. The normalized spacial score (nSPS) is 18.9. The topological polar surface area (TPSA) is 115 Å². The molecule has 0 bridgehead atoms. The van der Waals surface area contributed by atoms with Gasteiger partial charge in [-0.25, -0.2) is 13.0 Å². The first-order chi connectivity index (χ1) is 18.3. The van der Waals surface area contributed by atoms with Crippen LogP contribution >= 0.6 is 0 Å². The number of allylic oxidation sites excluding steroid dienone is 4. The molecule has 2 aliphatic rings. The van der Waals surface area contributed by atoms with Gasteiger partial charge in [0.15, 0.2) is 5.71 Å². The molecular weight excluding hydrogens is 516 g/mol. The molecule has 214 valence electrons. The number of hydrogen-bond acceptors (Lipinski definition) is 8. The Labute approximate surface area is 233 Å². The molecule has 39 heavy (non-hydrogen) atoms. The van der Waals surface area contributed by atoms with E-state index < -0.39 is 15.9 Å². The van der Waals surface area contributed by atoms with Crippen LogP contribution in [0.4, 0.5) is 5.82 Å². The van der Waals surface area contributed by atoms with Gasteiger partial charge in [0.25, 0.3) is 0 Å². The van der Waals surface area contributed by atoms with E-state index >= 15 is 0 Å². The summed E-state index contributed by atoms with van der Waals surface area (Å²) in [5, 5.41) is 6.42. The maximum absolute atomic E-state index is 11.6. The highest BCUT2D eigenvalue weighted by molar-refractivity contribution is 7.85. The van der Waals surface area contributed by atoms with Crippen molar-refractivity contribution in [2.75, 3.05) is 18.9 Å². The molecule has 2 aliphatic heterocycles. The Morgan fingerprint density at radius 2 is 1.90 bits per heavy atom. The quantitative estimate of drug-likeness (QED) is 0.152. The monoisotopic (exact) mass is 558 g/mol. The zero-order valence-electron chi connectivity index (χ0n) is 24.1. The van der Waals surface area contributed by atoms with Crippen molar-refractivity contribution in [3.8, 4) is 0 Å². The van der Waals surface area contributed by atoms with E-state index in [1.807, 2.05) is 32.1 Å². The lowest BCUT2D eigenvalue weighted by Gasteiger charge is -2.25. The first-order valence-electron chi connectivity index (χ1n) is 13.7. The van der Waals surface area contributed by atoms with Crippen molar-refractivity contribution in [3.63, 3.8) is 0 Å². The molecule has 0 amide bonds. The van der Waals surface area contributed by atoms with Gasteiger partial charge in [-0.3, -0.25) is 9.80 Å². The van der Waals surface area contributed by atoms with Crippen LogP contribution in [0.1, 0.15) is 79.2 Å². The van der Waals surface area contributed by atoms with Crippen LogP contribution in [0.3, 0.4) is 0 Å². The van der Waals surface area contributed by atoms with Crippen LogP contribution < -0.4 is 4.57 Å². The predicted octanol–water partition coefficient (Wildman–Crippen LogP) is 4.55. The first-order valence-corrected chi connectivity index (χ1v) is 15.3. The first kappa shape index (κ1) is 30.7. The van der Waals surface area contributed by atoms with E-state index in [9.17, 15) is 17.8 Å². The number of aliphatic imine (C=N–C) groups is 1. The largest absolute Gasteiger partial charge is 0.748 e. The summed E-state index contributed by atoms with van der Waals surface area (Å²) in [4.78, 5) is 16.6. The minimum atomic E-state index is -4.26. The second-order valence-electron chi connectivity index (χ2n) is 11.1. The van der Waals surface area contributed by atoms with E-state index in [-0.39, 0.29) is 23.2 Å². The van der Waals surface area contributed by atoms with E-state index in [1.54, 1.807) is 5.01 Å². The van der Waals surface area contributed by atoms with Gasteiger partial charge in [0.1, 0.15) is 0 Å². The van der Waals surface area contributed by atoms with E-state index in [0.29, 0.717) is 19.6 Å². The number of aromatic nitrogens is 1. The van der Waals surface area contributed by atoms with Crippen molar-refractivity contribution in [2.45, 2.75) is 85.6 Å². The molecule has 10 heteroatoms. The summed E-state index contributed by atoms with van der Waals surface area (Å²) in [5.41, 5.74) is 3.43. The van der Waals surface area contributed by atoms with Gasteiger partial charge in [0.2, 0.25) is 0 Å². The number of fused-ring (bicyclic) bond motifs is 1. The zero-order valence-corrected chi connectivity index (χ0v) is 24.9. The number of unbranched alkanes of at least 4 members (excludes halogenated alkanes) is 2. The van der Waals surface area contributed by atoms with Gasteiger partial charge in [-0.05, 0) is 96.5 Å². The fourth-order valence-corrected chi connectivity index (χ4v) is 5.37. The zero-order chi connectivity index (χ0) is 28.8. The molecule has 0 radical (unpaired) electrons. The molecule has 0 aromatic carbocycles. The number of nitrogens with zero attached hydrogens (tertiary/aromatic N) is 4. The lowest BCUT2D eigenvalue weighted by molar-refractivity contribution is -0.684. The maximum atomic E-state index is 11.6. The second-order valence-corrected chi connectivity index (χ2v) is 12.7. The number of hydrogen-bond donors (Lipinski definition) is 0. The van der Waals surface area contributed by atoms with Gasteiger partial charge in [-0.15, -0.1) is 0 Å². The molecule has 9 nitrogen and oxygen atoms in total. The molecular formula is C29H42N4O5S. The number of ether oxygens (including phenoxy) is 1. The summed E-state index contributed by atoms with van der Waals surface area (Å²) in [7, 11) is -4.26. The van der Waals surface area contributed by atoms with Gasteiger partial charge < -0.3 is 9.29 Å². The van der Waals surface area contributed by atoms with Gasteiger partial charge in [0, 0.05) is 35.5 Å². The molecule has 0 unspecified atom stereocenters. The van der Waals surface area contributed by atoms with Crippen LogP contribution in [-0.4, -0.2) is 54.3 Å². The minimum Gasteiger partial charge on any atom is -0.748 e. The van der Waals surface area contributed by atoms with Gasteiger partial charge in [-0.2, -0.15) is 5.10 Å². The average molecular weight is 559 g/mol. The van der Waals surface area contributed by atoms with Crippen molar-refractivity contribution in [1.82, 2.24) is 5.01 Å². The van der Waals surface area contributed by atoms with E-state index in [0.717, 1.165) is 48.7 Å². The summed E-state index contributed by atoms with van der Waals surface area (Å²) in [6.45, 7) is 13.9. The van der Waals surface area contributed by atoms with Crippen LogP contribution in [0.2, 0.25) is 0 Å². The Hall–Kier alpha value is -2.85. The SMILES string of the molecule is CCOC(=O)CCCCC[n+]1cccc2c1N=C(/C=C/C=C1/N(CCCS(=O)(=O)[O-])N=C(C)C1(C)C)C2(C)C. The van der Waals surface area contributed by atoms with E-state index in [4.69, 9.17) is 9.73 Å². The van der Waals surface area contributed by atoms with Crippen LogP contribution in [0.15, 0.2) is 52.3 Å². The third-order valence-electron chi connectivity index (χ3n) is 7.53. The molecule has 0 saturated heterocycles. The molecule has 1 aromatic rings. The summed E-state index contributed by atoms with van der Waals surface area (Å²) < 4.78 is 40.3. The van der Waals surface area contributed by atoms with Crippen LogP contribution in [0.5, 0.6) is 0 Å². The molecule has 1 aromatic heterocycles. The lowest BCUT2D eigenvalue weighted by atomic mass is 9.82. The smallest absolute Gasteiger partial charge is 0.327 e. The number of carbonyl (C=O) groups is 1. The summed E-state index contributed by atoms with van der Waals surface area (Å²) >= 11 is 0. The summed E-state index contributed by atoms with van der Waals surface area (Å²) in [6, 6.07) is 4.18. The van der Waals surface area contributed by atoms with Gasteiger partial charge in [-0.1, -0.05) is 6.08 Å². The Morgan fingerprint density at radius 1 is 1.15 bits per heavy atom. The van der Waals surface area contributed by atoms with Crippen molar-refractivity contribution in [2.24, 2.45) is 15.5 Å². The van der Waals surface area contributed by atoms with Crippen molar-refractivity contribution < 1.29 is 27.1 Å². The summed E-state index contributed by atoms with van der Waals surface area (Å²) in [6.07, 6.45) is 11.5. The molecule has 0 saturated carbocycles. The highest BCUT2D eigenvalue weighted by Gasteiger charge is 2.42. The number of carbonyl (C=O) groups excluding carboxylic acids is 1. The second kappa shape index (κ2) is 12.6. The Kier molecular flexibility index (Phi) is 9.88. The molecule has 0 N–H and O–H groups in total. The lowest BCUT2D eigenvalue weighted by Crippen LogP contribution is -2.34. The fourth-order valence-electron chi connectivity index (χ4n) is 4.89.